The van der Waals surface area contributed by atoms with Crippen LogP contribution in [-0.4, -0.2) is 31.5 Å². The van der Waals surface area contributed by atoms with E-state index in [1.807, 2.05) is 6.07 Å². The normalized spacial score (nSPS) is 10.2. The number of esters is 1. The number of benzene rings is 2. The van der Waals surface area contributed by atoms with E-state index in [1.165, 1.54) is 7.11 Å². The molecule has 7 heteroatoms. The first-order valence-corrected chi connectivity index (χ1v) is 7.51. The van der Waals surface area contributed by atoms with Gasteiger partial charge in [0.1, 0.15) is 0 Å². The average Bonchev–Trinajstić information content (AvgIpc) is 2.63. The van der Waals surface area contributed by atoms with Gasteiger partial charge in [0.25, 0.3) is 0 Å². The predicted octanol–water partition coefficient (Wildman–Crippen LogP) is 2.34. The van der Waals surface area contributed by atoms with Gasteiger partial charge in [0.2, 0.25) is 0 Å². The van der Waals surface area contributed by atoms with Crippen molar-refractivity contribution in [1.82, 2.24) is 10.7 Å². The summed E-state index contributed by atoms with van der Waals surface area (Å²) in [6, 6.07) is 13.9. The van der Waals surface area contributed by atoms with Gasteiger partial charge in [0, 0.05) is 7.05 Å². The molecule has 0 spiro atoms. The number of hydrazone groups is 1. The molecule has 0 amide bonds. The highest BCUT2D eigenvalue weighted by molar-refractivity contribution is 7.80. The molecule has 0 radical (unpaired) electrons. The number of nitrogens with one attached hydrogen (secondary N) is 2. The summed E-state index contributed by atoms with van der Waals surface area (Å²) in [7, 11) is 3.20. The van der Waals surface area contributed by atoms with E-state index in [2.05, 4.69) is 15.8 Å². The third kappa shape index (κ3) is 4.79. The summed E-state index contributed by atoms with van der Waals surface area (Å²) in [4.78, 5) is 12.1. The molecule has 2 rings (SSSR count). The molecule has 0 aromatic heterocycles. The van der Waals surface area contributed by atoms with Crippen LogP contribution in [-0.2, 0) is 0 Å². The molecule has 0 aliphatic carbocycles. The van der Waals surface area contributed by atoms with Crippen LogP contribution in [0.5, 0.6) is 11.5 Å². The summed E-state index contributed by atoms with van der Waals surface area (Å²) in [5, 5.41) is 7.14. The van der Waals surface area contributed by atoms with Gasteiger partial charge in [-0.25, -0.2) is 4.79 Å². The lowest BCUT2D eigenvalue weighted by atomic mass is 10.2. The number of carbonyl (C=O) groups excluding carboxylic acids is 1. The first-order valence-electron chi connectivity index (χ1n) is 7.10. The summed E-state index contributed by atoms with van der Waals surface area (Å²) in [6.07, 6.45) is 1.58. The van der Waals surface area contributed by atoms with Crippen molar-refractivity contribution in [2.24, 2.45) is 5.10 Å². The monoisotopic (exact) mass is 343 g/mol. The number of carbonyl (C=O) groups is 1. The Morgan fingerprint density at radius 1 is 1.17 bits per heavy atom. The van der Waals surface area contributed by atoms with Crippen LogP contribution in [0.2, 0.25) is 0 Å². The third-order valence-corrected chi connectivity index (χ3v) is 3.30. The number of thiocarbonyl (C=S) groups is 1. The molecule has 2 N–H and O–H groups in total. The van der Waals surface area contributed by atoms with Gasteiger partial charge < -0.3 is 14.8 Å². The van der Waals surface area contributed by atoms with Gasteiger partial charge in [-0.1, -0.05) is 18.2 Å². The zero-order chi connectivity index (χ0) is 17.4. The SMILES string of the molecule is CNC(=S)NN=Cc1ccc(OC(=O)c2ccccc2)c(OC)c1. The molecule has 0 bridgehead atoms. The van der Waals surface area contributed by atoms with Crippen LogP contribution in [0.4, 0.5) is 0 Å². The van der Waals surface area contributed by atoms with Crippen LogP contribution in [0.15, 0.2) is 53.6 Å². The van der Waals surface area contributed by atoms with E-state index < -0.39 is 5.97 Å². The standard InChI is InChI=1S/C17H17N3O3S/c1-18-17(24)20-19-11-12-8-9-14(15(10-12)22-2)23-16(21)13-6-4-3-5-7-13/h3-11H,1-2H3,(H2,18,20,24). The molecule has 6 nitrogen and oxygen atoms in total. The van der Waals surface area contributed by atoms with Crippen molar-refractivity contribution >= 4 is 29.5 Å². The van der Waals surface area contributed by atoms with Crippen molar-refractivity contribution in [3.05, 3.63) is 59.7 Å². The lowest BCUT2D eigenvalue weighted by Gasteiger charge is -2.10. The Bertz CT molecular complexity index is 748. The van der Waals surface area contributed by atoms with Crippen molar-refractivity contribution in [1.29, 1.82) is 0 Å². The van der Waals surface area contributed by atoms with Crippen LogP contribution in [0, 0.1) is 0 Å². The van der Waals surface area contributed by atoms with Crippen molar-refractivity contribution in [2.75, 3.05) is 14.2 Å². The first-order chi connectivity index (χ1) is 11.6. The van der Waals surface area contributed by atoms with Crippen LogP contribution in [0.1, 0.15) is 15.9 Å². The predicted molar refractivity (Wildman–Crippen MR) is 96.8 cm³/mol. The fraction of sp³-hybridized carbons (Fsp3) is 0.118. The van der Waals surface area contributed by atoms with Crippen LogP contribution in [0.25, 0.3) is 0 Å². The number of nitrogens with zero attached hydrogens (tertiary/aromatic N) is 1. The van der Waals surface area contributed by atoms with Gasteiger partial charge in [0.05, 0.1) is 18.9 Å². The van der Waals surface area contributed by atoms with Gasteiger partial charge in [-0.3, -0.25) is 5.43 Å². The molecule has 0 heterocycles. The molecule has 0 aliphatic heterocycles. The van der Waals surface area contributed by atoms with Gasteiger partial charge in [0.15, 0.2) is 16.6 Å². The molecule has 2 aromatic carbocycles. The van der Waals surface area contributed by atoms with Gasteiger partial charge in [-0.2, -0.15) is 5.10 Å². The first kappa shape index (κ1) is 17.4. The van der Waals surface area contributed by atoms with E-state index in [9.17, 15) is 4.79 Å². The molecule has 0 saturated heterocycles. The Kier molecular flexibility index (Phi) is 6.27. The quantitative estimate of drug-likeness (QED) is 0.285. The highest BCUT2D eigenvalue weighted by Crippen LogP contribution is 2.28. The Hall–Kier alpha value is -2.93. The molecule has 0 aliphatic rings. The number of ether oxygens (including phenoxy) is 2. The fourth-order valence-corrected chi connectivity index (χ4v) is 1.86. The average molecular weight is 343 g/mol. The van der Waals surface area contributed by atoms with E-state index in [0.717, 1.165) is 5.56 Å². The molecular formula is C17H17N3O3S. The summed E-state index contributed by atoms with van der Waals surface area (Å²) < 4.78 is 10.7. The smallest absolute Gasteiger partial charge is 0.343 e. The van der Waals surface area contributed by atoms with Crippen molar-refractivity contribution in [2.45, 2.75) is 0 Å². The number of methoxy groups -OCH3 is 1. The Morgan fingerprint density at radius 3 is 2.58 bits per heavy atom. The maximum absolute atomic E-state index is 12.1. The summed E-state index contributed by atoms with van der Waals surface area (Å²) in [5.41, 5.74) is 3.88. The Labute approximate surface area is 145 Å². The molecule has 0 unspecified atom stereocenters. The van der Waals surface area contributed by atoms with E-state index in [-0.39, 0.29) is 0 Å². The third-order valence-electron chi connectivity index (χ3n) is 3.01. The molecule has 124 valence electrons. The van der Waals surface area contributed by atoms with Crippen LogP contribution in [0.3, 0.4) is 0 Å². The van der Waals surface area contributed by atoms with Gasteiger partial charge in [-0.05, 0) is 48.1 Å². The van der Waals surface area contributed by atoms with E-state index in [1.54, 1.807) is 55.7 Å². The van der Waals surface area contributed by atoms with Crippen LogP contribution < -0.4 is 20.2 Å². The largest absolute Gasteiger partial charge is 0.493 e. The summed E-state index contributed by atoms with van der Waals surface area (Å²) >= 11 is 4.92. The molecule has 0 fully saturated rings. The summed E-state index contributed by atoms with van der Waals surface area (Å²) in [6.45, 7) is 0. The molecule has 24 heavy (non-hydrogen) atoms. The second-order valence-corrected chi connectivity index (χ2v) is 5.02. The van der Waals surface area contributed by atoms with E-state index >= 15 is 0 Å². The molecular weight excluding hydrogens is 326 g/mol. The summed E-state index contributed by atoms with van der Waals surface area (Å²) in [5.74, 6) is 0.318. The highest BCUT2D eigenvalue weighted by Gasteiger charge is 2.12. The maximum Gasteiger partial charge on any atom is 0.343 e. The topological polar surface area (TPSA) is 72.0 Å². The van der Waals surface area contributed by atoms with Gasteiger partial charge in [-0.15, -0.1) is 0 Å². The minimum atomic E-state index is -0.448. The molecule has 0 saturated carbocycles. The highest BCUT2D eigenvalue weighted by atomic mass is 32.1. The van der Waals surface area contributed by atoms with Gasteiger partial charge >= 0.3 is 5.97 Å². The number of rotatable bonds is 5. The van der Waals surface area contributed by atoms with Crippen molar-refractivity contribution in [3.8, 4) is 11.5 Å². The van der Waals surface area contributed by atoms with Crippen molar-refractivity contribution in [3.63, 3.8) is 0 Å². The number of hydrogen-bond acceptors (Lipinski definition) is 5. The zero-order valence-corrected chi connectivity index (χ0v) is 14.1. The lowest BCUT2D eigenvalue weighted by molar-refractivity contribution is 0.0729. The molecule has 0 atom stereocenters. The number of hydrogen-bond donors (Lipinski definition) is 2. The second-order valence-electron chi connectivity index (χ2n) is 4.61. The minimum Gasteiger partial charge on any atom is -0.493 e. The minimum absolute atomic E-state index is 0.335. The fourth-order valence-electron chi connectivity index (χ4n) is 1.80. The van der Waals surface area contributed by atoms with Crippen molar-refractivity contribution < 1.29 is 14.3 Å². The lowest BCUT2D eigenvalue weighted by Crippen LogP contribution is -2.28. The Morgan fingerprint density at radius 2 is 1.92 bits per heavy atom. The van der Waals surface area contributed by atoms with Crippen LogP contribution >= 0.6 is 12.2 Å². The van der Waals surface area contributed by atoms with E-state index in [4.69, 9.17) is 21.7 Å². The zero-order valence-electron chi connectivity index (χ0n) is 13.3. The molecule has 2 aromatic rings. The van der Waals surface area contributed by atoms with E-state index in [0.29, 0.717) is 22.2 Å². The Balaban J connectivity index is 2.11. The maximum atomic E-state index is 12.1. The second kappa shape index (κ2) is 8.64.